The van der Waals surface area contributed by atoms with Crippen LogP contribution in [0.4, 0.5) is 0 Å². The third-order valence-electron chi connectivity index (χ3n) is 4.11. The average molecular weight is 392 g/mol. The van der Waals surface area contributed by atoms with Gasteiger partial charge < -0.3 is 9.84 Å². The van der Waals surface area contributed by atoms with Crippen LogP contribution in [0.1, 0.15) is 40.1 Å². The first kappa shape index (κ1) is 19.7. The highest BCUT2D eigenvalue weighted by atomic mass is 32.2. The molecule has 28 heavy (non-hydrogen) atoms. The molecule has 1 N–H and O–H groups in total. The highest BCUT2D eigenvalue weighted by Gasteiger charge is 2.16. The molecule has 4 nitrogen and oxygen atoms in total. The van der Waals surface area contributed by atoms with Crippen molar-refractivity contribution >= 4 is 23.3 Å². The molecule has 142 valence electrons. The van der Waals surface area contributed by atoms with Gasteiger partial charge in [0.1, 0.15) is 16.9 Å². The number of phenols is 1. The zero-order chi connectivity index (χ0) is 20.1. The van der Waals surface area contributed by atoms with Crippen LogP contribution < -0.4 is 4.74 Å². The van der Waals surface area contributed by atoms with Crippen LogP contribution in [0.5, 0.6) is 11.5 Å². The van der Waals surface area contributed by atoms with E-state index >= 15 is 0 Å². The van der Waals surface area contributed by atoms with Crippen LogP contribution in [0, 0.1) is 0 Å². The van der Waals surface area contributed by atoms with Crippen LogP contribution in [0.2, 0.25) is 0 Å². The summed E-state index contributed by atoms with van der Waals surface area (Å²) in [4.78, 5) is 25.1. The fraction of sp³-hybridized carbons (Fsp3) is 0.130. The maximum Gasteiger partial charge on any atom is 0.196 e. The quantitative estimate of drug-likeness (QED) is 0.334. The van der Waals surface area contributed by atoms with Crippen molar-refractivity contribution in [2.75, 3.05) is 0 Å². The van der Waals surface area contributed by atoms with E-state index in [0.29, 0.717) is 16.9 Å². The van der Waals surface area contributed by atoms with E-state index in [0.717, 1.165) is 4.90 Å². The van der Waals surface area contributed by atoms with Gasteiger partial charge in [-0.05, 0) is 32.0 Å². The molecule has 1 atom stereocenters. The summed E-state index contributed by atoms with van der Waals surface area (Å²) in [5.41, 5.74) is 1.09. The molecule has 0 aliphatic rings. The second-order valence-corrected chi connectivity index (χ2v) is 7.57. The van der Waals surface area contributed by atoms with E-state index in [1.807, 2.05) is 31.2 Å². The number of hydrogen-bond donors (Lipinski definition) is 1. The molecule has 0 heterocycles. The van der Waals surface area contributed by atoms with Gasteiger partial charge in [0.15, 0.2) is 11.6 Å². The van der Waals surface area contributed by atoms with Crippen molar-refractivity contribution in [2.24, 2.45) is 0 Å². The van der Waals surface area contributed by atoms with Crippen molar-refractivity contribution in [2.45, 2.75) is 24.2 Å². The van der Waals surface area contributed by atoms with Gasteiger partial charge in [0, 0.05) is 22.1 Å². The molecule has 0 aromatic heterocycles. The Balaban J connectivity index is 1.73. The van der Waals surface area contributed by atoms with Gasteiger partial charge in [0.2, 0.25) is 0 Å². The number of rotatable bonds is 7. The lowest BCUT2D eigenvalue weighted by Gasteiger charge is -2.16. The van der Waals surface area contributed by atoms with E-state index in [1.54, 1.807) is 42.5 Å². The molecule has 3 rings (SSSR count). The maximum absolute atomic E-state index is 12.5. The van der Waals surface area contributed by atoms with Crippen molar-refractivity contribution < 1.29 is 19.4 Å². The van der Waals surface area contributed by atoms with Crippen LogP contribution in [-0.2, 0) is 0 Å². The summed E-state index contributed by atoms with van der Waals surface area (Å²) in [6.45, 7) is 3.40. The lowest BCUT2D eigenvalue weighted by Crippen LogP contribution is -2.08. The maximum atomic E-state index is 12.5. The van der Waals surface area contributed by atoms with Gasteiger partial charge in [-0.1, -0.05) is 60.3 Å². The molecular weight excluding hydrogens is 372 g/mol. The number of carbonyl (C=O) groups excluding carboxylic acids is 2. The van der Waals surface area contributed by atoms with Crippen molar-refractivity contribution in [3.05, 3.63) is 89.5 Å². The molecule has 0 saturated carbocycles. The zero-order valence-corrected chi connectivity index (χ0v) is 16.4. The Kier molecular flexibility index (Phi) is 6.16. The average Bonchev–Trinajstić information content (AvgIpc) is 2.68. The topological polar surface area (TPSA) is 63.6 Å². The fourth-order valence-electron chi connectivity index (χ4n) is 2.78. The predicted molar refractivity (Wildman–Crippen MR) is 110 cm³/mol. The zero-order valence-electron chi connectivity index (χ0n) is 15.6. The van der Waals surface area contributed by atoms with Crippen LogP contribution in [-0.4, -0.2) is 22.1 Å². The number of ketones is 2. The molecule has 0 spiro atoms. The fourth-order valence-corrected chi connectivity index (χ4v) is 3.79. The molecular formula is C23H20O4S. The van der Waals surface area contributed by atoms with E-state index in [4.69, 9.17) is 4.74 Å². The number of carbonyl (C=O) groups is 2. The third-order valence-corrected chi connectivity index (χ3v) is 5.15. The monoisotopic (exact) mass is 392 g/mol. The molecule has 3 aromatic rings. The van der Waals surface area contributed by atoms with Crippen LogP contribution >= 0.6 is 11.8 Å². The first-order chi connectivity index (χ1) is 13.5. The second kappa shape index (κ2) is 8.76. The van der Waals surface area contributed by atoms with Crippen molar-refractivity contribution in [1.29, 1.82) is 0 Å². The van der Waals surface area contributed by atoms with E-state index in [2.05, 4.69) is 0 Å². The minimum absolute atomic E-state index is 0.00304. The van der Waals surface area contributed by atoms with E-state index in [1.165, 1.54) is 24.8 Å². The van der Waals surface area contributed by atoms with Gasteiger partial charge in [-0.2, -0.15) is 0 Å². The minimum Gasteiger partial charge on any atom is -0.507 e. The second-order valence-electron chi connectivity index (χ2n) is 6.23. The molecule has 0 bridgehead atoms. The highest BCUT2D eigenvalue weighted by Crippen LogP contribution is 2.31. The van der Waals surface area contributed by atoms with Crippen LogP contribution in [0.15, 0.2) is 77.7 Å². The summed E-state index contributed by atoms with van der Waals surface area (Å²) in [5, 5.41) is 10.3. The molecule has 0 fully saturated rings. The Morgan fingerprint density at radius 1 is 0.929 bits per heavy atom. The van der Waals surface area contributed by atoms with Crippen molar-refractivity contribution in [3.63, 3.8) is 0 Å². The lowest BCUT2D eigenvalue weighted by atomic mass is 10.0. The highest BCUT2D eigenvalue weighted by molar-refractivity contribution is 7.99. The number of phenolic OH excluding ortho intramolecular Hbond substituents is 1. The smallest absolute Gasteiger partial charge is 0.196 e. The minimum atomic E-state index is -0.296. The standard InChI is InChI=1S/C23H20O4S/c1-15(24)19-10-6-7-11-22(19)28-16(2)27-18-12-13-20(21(25)14-18)23(26)17-8-4-3-5-9-17/h3-14,16,25H,1-2H3. The van der Waals surface area contributed by atoms with E-state index in [9.17, 15) is 14.7 Å². The van der Waals surface area contributed by atoms with Gasteiger partial charge in [-0.25, -0.2) is 0 Å². The van der Waals surface area contributed by atoms with Gasteiger partial charge in [0.05, 0.1) is 5.56 Å². The first-order valence-electron chi connectivity index (χ1n) is 8.81. The Labute approximate surface area is 168 Å². The number of ether oxygens (including phenoxy) is 1. The van der Waals surface area contributed by atoms with Gasteiger partial charge >= 0.3 is 0 Å². The Morgan fingerprint density at radius 2 is 1.61 bits per heavy atom. The van der Waals surface area contributed by atoms with E-state index < -0.39 is 0 Å². The molecule has 1 unspecified atom stereocenters. The molecule has 0 aliphatic carbocycles. The summed E-state index contributed by atoms with van der Waals surface area (Å²) in [6, 6.07) is 20.8. The third kappa shape index (κ3) is 4.61. The number of hydrogen-bond acceptors (Lipinski definition) is 5. The van der Waals surface area contributed by atoms with E-state index in [-0.39, 0.29) is 28.3 Å². The SMILES string of the molecule is CC(=O)c1ccccc1SC(C)Oc1ccc(C(=O)c2ccccc2)c(O)c1. The summed E-state index contributed by atoms with van der Waals surface area (Å²) >= 11 is 1.41. The first-order valence-corrected chi connectivity index (χ1v) is 9.69. The van der Waals surface area contributed by atoms with Gasteiger partial charge in [-0.15, -0.1) is 0 Å². The normalized spacial score (nSPS) is 11.6. The largest absolute Gasteiger partial charge is 0.507 e. The molecule has 5 heteroatoms. The van der Waals surface area contributed by atoms with Crippen LogP contribution in [0.3, 0.4) is 0 Å². The molecule has 0 radical (unpaired) electrons. The van der Waals surface area contributed by atoms with Crippen LogP contribution in [0.25, 0.3) is 0 Å². The van der Waals surface area contributed by atoms with Gasteiger partial charge in [0.25, 0.3) is 0 Å². The molecule has 3 aromatic carbocycles. The predicted octanol–water partition coefficient (Wildman–Crippen LogP) is 5.34. The Bertz CT molecular complexity index is 998. The summed E-state index contributed by atoms with van der Waals surface area (Å²) in [5.74, 6) is 0.0642. The number of aromatic hydroxyl groups is 1. The van der Waals surface area contributed by atoms with Crippen molar-refractivity contribution in [3.8, 4) is 11.5 Å². The van der Waals surface area contributed by atoms with Crippen molar-refractivity contribution in [1.82, 2.24) is 0 Å². The number of Topliss-reactive ketones (excluding diaryl/α,β-unsaturated/α-hetero) is 1. The molecule has 0 amide bonds. The summed E-state index contributed by atoms with van der Waals surface area (Å²) in [6.07, 6.45) is 0. The summed E-state index contributed by atoms with van der Waals surface area (Å²) < 4.78 is 5.85. The Morgan fingerprint density at radius 3 is 2.29 bits per heavy atom. The van der Waals surface area contributed by atoms with Gasteiger partial charge in [-0.3, -0.25) is 9.59 Å². The number of thioether (sulfide) groups is 1. The summed E-state index contributed by atoms with van der Waals surface area (Å²) in [7, 11) is 0. The molecule has 0 saturated heterocycles. The lowest BCUT2D eigenvalue weighted by molar-refractivity contribution is 0.101. The number of benzene rings is 3. The Hall–Kier alpha value is -3.05. The molecule has 0 aliphatic heterocycles.